The molecule has 0 radical (unpaired) electrons. The molecule has 264 valence electrons. The Bertz CT molecular complexity index is 2040. The highest BCUT2D eigenvalue weighted by atomic mass is 32.2. The molecule has 0 bridgehead atoms. The Kier molecular flexibility index (Phi) is 11.6. The number of hydrogen-bond acceptors (Lipinski definition) is 14. The lowest BCUT2D eigenvalue weighted by Gasteiger charge is -2.17. The van der Waals surface area contributed by atoms with Gasteiger partial charge in [0.2, 0.25) is 22.1 Å². The molecule has 0 spiro atoms. The predicted octanol–water partition coefficient (Wildman–Crippen LogP) is 5.86. The van der Waals surface area contributed by atoms with Crippen molar-refractivity contribution in [2.24, 2.45) is 5.10 Å². The fraction of sp³-hybridized carbons (Fsp3) is 0.314. The van der Waals surface area contributed by atoms with Crippen molar-refractivity contribution in [3.05, 3.63) is 64.1 Å². The Morgan fingerprint density at radius 3 is 2.12 bits per heavy atom. The van der Waals surface area contributed by atoms with Crippen LogP contribution in [0.5, 0.6) is 46.0 Å². The number of nitrogens with zero attached hydrogens (tertiary/aromatic N) is 4. The van der Waals surface area contributed by atoms with Gasteiger partial charge in [0.15, 0.2) is 34.6 Å². The molecule has 0 saturated heterocycles. The maximum absolute atomic E-state index is 14.1. The lowest BCUT2D eigenvalue weighted by atomic mass is 10.1. The van der Waals surface area contributed by atoms with E-state index in [2.05, 4.69) is 15.3 Å². The van der Waals surface area contributed by atoms with E-state index in [1.54, 1.807) is 49.4 Å². The topological polar surface area (TPSA) is 147 Å². The van der Waals surface area contributed by atoms with Crippen molar-refractivity contribution in [3.63, 3.8) is 0 Å². The Labute approximate surface area is 292 Å². The summed E-state index contributed by atoms with van der Waals surface area (Å²) >= 11 is 1.45. The van der Waals surface area contributed by atoms with Crippen molar-refractivity contribution in [2.75, 3.05) is 62.1 Å². The van der Waals surface area contributed by atoms with Crippen molar-refractivity contribution >= 4 is 28.9 Å². The van der Waals surface area contributed by atoms with Gasteiger partial charge in [0.05, 0.1) is 62.6 Å². The number of thioether (sulfide) groups is 1. The second-order valence-corrected chi connectivity index (χ2v) is 11.5. The number of fused-ring (bicyclic) bond motifs is 1. The van der Waals surface area contributed by atoms with Crippen LogP contribution in [0, 0.1) is 6.92 Å². The van der Waals surface area contributed by atoms with Crippen LogP contribution in [0.3, 0.4) is 0 Å². The average Bonchev–Trinajstić information content (AvgIpc) is 3.50. The molecule has 5 rings (SSSR count). The predicted molar refractivity (Wildman–Crippen MR) is 189 cm³/mol. The minimum absolute atomic E-state index is 0.00114. The Morgan fingerprint density at radius 2 is 1.48 bits per heavy atom. The summed E-state index contributed by atoms with van der Waals surface area (Å²) < 4.78 is 52.5. The number of hydrogen-bond donors (Lipinski definition) is 0. The highest BCUT2D eigenvalue weighted by Crippen LogP contribution is 2.44. The summed E-state index contributed by atoms with van der Waals surface area (Å²) in [6, 6.07) is 12.1. The average molecular weight is 707 g/mol. The van der Waals surface area contributed by atoms with Crippen LogP contribution in [0.1, 0.15) is 17.8 Å². The van der Waals surface area contributed by atoms with Gasteiger partial charge in [-0.3, -0.25) is 4.79 Å². The number of methoxy groups -OCH3 is 7. The molecule has 0 aliphatic heterocycles. The molecule has 0 aliphatic rings. The van der Waals surface area contributed by atoms with E-state index in [1.165, 1.54) is 47.3 Å². The quantitative estimate of drug-likeness (QED) is 0.0686. The standard InChI is InChI=1S/C35H38N4O10S/c1-20-37-38-35(39(20)36-19-21-10-11-24(42-3)25(14-21)43-4)50-13-9-12-48-34-31(40)30-26(44-5)17-23(41-2)18-27(30)49-32(34)22-15-28(45-6)33(47-8)29(16-22)46-7/h10-11,14-19H,9,12-13H2,1-8H3. The first-order valence-corrected chi connectivity index (χ1v) is 16.3. The normalized spacial score (nSPS) is 11.1. The zero-order valence-corrected chi connectivity index (χ0v) is 29.8. The molecule has 0 N–H and O–H groups in total. The van der Waals surface area contributed by atoms with Gasteiger partial charge in [0.25, 0.3) is 0 Å². The largest absolute Gasteiger partial charge is 0.496 e. The lowest BCUT2D eigenvalue weighted by Crippen LogP contribution is -2.13. The van der Waals surface area contributed by atoms with Crippen LogP contribution >= 0.6 is 11.8 Å². The van der Waals surface area contributed by atoms with Crippen molar-refractivity contribution in [1.82, 2.24) is 14.9 Å². The Morgan fingerprint density at radius 1 is 0.780 bits per heavy atom. The molecule has 0 aliphatic carbocycles. The first-order valence-electron chi connectivity index (χ1n) is 15.3. The zero-order chi connectivity index (χ0) is 35.8. The summed E-state index contributed by atoms with van der Waals surface area (Å²) in [4.78, 5) is 14.1. The van der Waals surface area contributed by atoms with Crippen LogP contribution < -0.4 is 43.3 Å². The SMILES string of the molecule is COc1cc(OC)c2c(=O)c(OCCCSc3nnc(C)n3N=Cc3ccc(OC)c(OC)c3)c(-c3cc(OC)c(OC)c(OC)c3)oc2c1. The monoisotopic (exact) mass is 706 g/mol. The molecular weight excluding hydrogens is 668 g/mol. The van der Waals surface area contributed by atoms with Gasteiger partial charge in [-0.1, -0.05) is 11.8 Å². The highest BCUT2D eigenvalue weighted by molar-refractivity contribution is 7.99. The summed E-state index contributed by atoms with van der Waals surface area (Å²) in [7, 11) is 10.7. The third-order valence-electron chi connectivity index (χ3n) is 7.54. The molecule has 3 aromatic carbocycles. The maximum atomic E-state index is 14.1. The first-order chi connectivity index (χ1) is 24.3. The van der Waals surface area contributed by atoms with Gasteiger partial charge in [-0.15, -0.1) is 10.2 Å². The number of rotatable bonds is 16. The van der Waals surface area contributed by atoms with E-state index in [4.69, 9.17) is 42.3 Å². The van der Waals surface area contributed by atoms with Gasteiger partial charge in [-0.2, -0.15) is 9.78 Å². The van der Waals surface area contributed by atoms with Crippen molar-refractivity contribution < 1.29 is 42.3 Å². The number of ether oxygens (including phenoxy) is 8. The first kappa shape index (κ1) is 35.7. The van der Waals surface area contributed by atoms with E-state index < -0.39 is 5.43 Å². The number of benzene rings is 3. The number of aromatic nitrogens is 3. The third-order valence-corrected chi connectivity index (χ3v) is 8.54. The molecule has 15 heteroatoms. The minimum Gasteiger partial charge on any atom is -0.496 e. The smallest absolute Gasteiger partial charge is 0.239 e. The van der Waals surface area contributed by atoms with Crippen molar-refractivity contribution in [1.29, 1.82) is 0 Å². The molecule has 0 unspecified atom stereocenters. The molecule has 0 saturated carbocycles. The van der Waals surface area contributed by atoms with Crippen LogP contribution in [0.2, 0.25) is 0 Å². The van der Waals surface area contributed by atoms with E-state index in [0.29, 0.717) is 63.2 Å². The second kappa shape index (κ2) is 16.2. The summed E-state index contributed by atoms with van der Waals surface area (Å²) in [5, 5.41) is 13.9. The molecule has 0 fully saturated rings. The molecule has 50 heavy (non-hydrogen) atoms. The van der Waals surface area contributed by atoms with Crippen LogP contribution in [0.15, 0.2) is 61.9 Å². The van der Waals surface area contributed by atoms with E-state index in [0.717, 1.165) is 5.56 Å². The van der Waals surface area contributed by atoms with Gasteiger partial charge in [-0.25, -0.2) is 0 Å². The van der Waals surface area contributed by atoms with Crippen molar-refractivity contribution in [3.8, 4) is 57.3 Å². The minimum atomic E-state index is -0.415. The molecule has 5 aromatic rings. The van der Waals surface area contributed by atoms with E-state index in [-0.39, 0.29) is 34.8 Å². The Hall–Kier alpha value is -5.57. The zero-order valence-electron chi connectivity index (χ0n) is 29.0. The summed E-state index contributed by atoms with van der Waals surface area (Å²) in [6.07, 6.45) is 2.24. The van der Waals surface area contributed by atoms with Gasteiger partial charge in [0.1, 0.15) is 22.5 Å². The molecule has 0 atom stereocenters. The van der Waals surface area contributed by atoms with Crippen LogP contribution in [-0.2, 0) is 0 Å². The van der Waals surface area contributed by atoms with Crippen LogP contribution in [0.25, 0.3) is 22.3 Å². The maximum Gasteiger partial charge on any atom is 0.239 e. The number of aryl methyl sites for hydroxylation is 1. The third kappa shape index (κ3) is 7.37. The highest BCUT2D eigenvalue weighted by Gasteiger charge is 2.24. The summed E-state index contributed by atoms with van der Waals surface area (Å²) in [5.74, 6) is 4.48. The van der Waals surface area contributed by atoms with Crippen LogP contribution in [-0.4, -0.2) is 83.2 Å². The molecule has 0 amide bonds. The van der Waals surface area contributed by atoms with E-state index in [9.17, 15) is 4.79 Å². The summed E-state index contributed by atoms with van der Waals surface area (Å²) in [6.45, 7) is 2.00. The van der Waals surface area contributed by atoms with Crippen LogP contribution in [0.4, 0.5) is 0 Å². The Balaban J connectivity index is 1.40. The summed E-state index contributed by atoms with van der Waals surface area (Å²) in [5.41, 5.74) is 1.12. The second-order valence-electron chi connectivity index (χ2n) is 10.5. The fourth-order valence-corrected chi connectivity index (χ4v) is 5.92. The van der Waals surface area contributed by atoms with Gasteiger partial charge in [-0.05, 0) is 49.2 Å². The molecule has 2 aromatic heterocycles. The molecule has 2 heterocycles. The van der Waals surface area contributed by atoms with E-state index >= 15 is 0 Å². The van der Waals surface area contributed by atoms with Gasteiger partial charge < -0.3 is 42.3 Å². The fourth-order valence-electron chi connectivity index (χ4n) is 5.07. The van der Waals surface area contributed by atoms with Crippen molar-refractivity contribution in [2.45, 2.75) is 18.5 Å². The van der Waals surface area contributed by atoms with E-state index in [1.807, 2.05) is 25.1 Å². The van der Waals surface area contributed by atoms with Gasteiger partial charge >= 0.3 is 0 Å². The molecule has 14 nitrogen and oxygen atoms in total. The van der Waals surface area contributed by atoms with Gasteiger partial charge in [0, 0.05) is 23.4 Å². The molecular formula is C35H38N4O10S. The lowest BCUT2D eigenvalue weighted by molar-refractivity contribution is 0.309.